The van der Waals surface area contributed by atoms with Crippen molar-refractivity contribution in [3.05, 3.63) is 0 Å². The number of nitrogens with zero attached hydrogens (tertiary/aromatic N) is 1. The summed E-state index contributed by atoms with van der Waals surface area (Å²) in [5.41, 5.74) is 0. The van der Waals surface area contributed by atoms with E-state index in [1.165, 1.54) is 49.8 Å². The highest BCUT2D eigenvalue weighted by atomic mass is 16.5. The van der Waals surface area contributed by atoms with Gasteiger partial charge in [-0.2, -0.15) is 0 Å². The van der Waals surface area contributed by atoms with Crippen molar-refractivity contribution < 1.29 is 9.22 Å². The molecule has 0 N–H and O–H groups in total. The summed E-state index contributed by atoms with van der Waals surface area (Å²) in [6.07, 6.45) is 5.51. The Kier molecular flexibility index (Phi) is 4.74. The topological polar surface area (TPSA) is 9.23 Å². The summed E-state index contributed by atoms with van der Waals surface area (Å²) >= 11 is 0. The lowest BCUT2D eigenvalue weighted by Crippen LogP contribution is -2.48. The van der Waals surface area contributed by atoms with E-state index < -0.39 is 0 Å². The van der Waals surface area contributed by atoms with Crippen LogP contribution in [-0.2, 0) is 4.74 Å². The van der Waals surface area contributed by atoms with Crippen molar-refractivity contribution in [2.45, 2.75) is 32.6 Å². The third-order valence-electron chi connectivity index (χ3n) is 3.09. The van der Waals surface area contributed by atoms with Crippen molar-refractivity contribution >= 4 is 0 Å². The van der Waals surface area contributed by atoms with Gasteiger partial charge >= 0.3 is 0 Å². The molecule has 2 heteroatoms. The van der Waals surface area contributed by atoms with Crippen LogP contribution in [0.5, 0.6) is 0 Å². The summed E-state index contributed by atoms with van der Waals surface area (Å²) < 4.78 is 6.64. The maximum absolute atomic E-state index is 5.36. The third kappa shape index (κ3) is 4.10. The Morgan fingerprint density at radius 2 is 1.85 bits per heavy atom. The second kappa shape index (κ2) is 5.61. The van der Waals surface area contributed by atoms with Crippen molar-refractivity contribution in [2.24, 2.45) is 0 Å². The monoisotopic (exact) mass is 186 g/mol. The Morgan fingerprint density at radius 1 is 1.15 bits per heavy atom. The zero-order valence-electron chi connectivity index (χ0n) is 9.22. The van der Waals surface area contributed by atoms with E-state index in [4.69, 9.17) is 4.74 Å². The van der Waals surface area contributed by atoms with Gasteiger partial charge in [-0.15, -0.1) is 0 Å². The molecule has 0 aromatic rings. The van der Waals surface area contributed by atoms with Crippen molar-refractivity contribution in [1.29, 1.82) is 0 Å². The van der Waals surface area contributed by atoms with Crippen molar-refractivity contribution in [3.63, 3.8) is 0 Å². The molecule has 1 heterocycles. The van der Waals surface area contributed by atoms with Crippen molar-refractivity contribution in [1.82, 2.24) is 0 Å². The first-order valence-corrected chi connectivity index (χ1v) is 5.68. The van der Waals surface area contributed by atoms with Gasteiger partial charge in [-0.25, -0.2) is 0 Å². The molecule has 78 valence electrons. The van der Waals surface area contributed by atoms with Gasteiger partial charge in [0.05, 0.1) is 33.3 Å². The lowest BCUT2D eigenvalue weighted by Gasteiger charge is -2.37. The van der Waals surface area contributed by atoms with E-state index in [9.17, 15) is 0 Å². The molecule has 0 aromatic heterocycles. The van der Waals surface area contributed by atoms with E-state index >= 15 is 0 Å². The first-order chi connectivity index (χ1) is 6.27. The van der Waals surface area contributed by atoms with Crippen LogP contribution in [0.1, 0.15) is 32.6 Å². The van der Waals surface area contributed by atoms with Gasteiger partial charge in [0.25, 0.3) is 0 Å². The third-order valence-corrected chi connectivity index (χ3v) is 3.09. The molecule has 1 saturated heterocycles. The molecule has 0 spiro atoms. The van der Waals surface area contributed by atoms with Gasteiger partial charge in [0, 0.05) is 13.0 Å². The molecule has 2 nitrogen and oxygen atoms in total. The molecule has 0 atom stereocenters. The molecule has 0 radical (unpaired) electrons. The molecule has 13 heavy (non-hydrogen) atoms. The van der Waals surface area contributed by atoms with E-state index in [1.807, 2.05) is 0 Å². The Morgan fingerprint density at radius 3 is 2.46 bits per heavy atom. The second-order valence-electron chi connectivity index (χ2n) is 4.40. The molecule has 0 aromatic carbocycles. The van der Waals surface area contributed by atoms with Crippen LogP contribution in [-0.4, -0.2) is 44.4 Å². The fourth-order valence-corrected chi connectivity index (χ4v) is 2.19. The second-order valence-corrected chi connectivity index (χ2v) is 4.40. The largest absolute Gasteiger partial charge is 0.382 e. The molecule has 0 saturated carbocycles. The minimum atomic E-state index is 0.865. The Hall–Kier alpha value is -0.0800. The van der Waals surface area contributed by atoms with Crippen LogP contribution in [0.25, 0.3) is 0 Å². The lowest BCUT2D eigenvalue weighted by atomic mass is 10.1. The maximum atomic E-state index is 5.36. The highest BCUT2D eigenvalue weighted by Crippen LogP contribution is 2.16. The number of hydrogen-bond acceptors (Lipinski definition) is 1. The molecule has 1 fully saturated rings. The molecule has 0 unspecified atom stereocenters. The van der Waals surface area contributed by atoms with Crippen LogP contribution in [0.15, 0.2) is 0 Å². The molecular weight excluding hydrogens is 162 g/mol. The Labute approximate surface area is 82.5 Å². The number of likely N-dealkylation sites (tertiary alicyclic amines) is 1. The van der Waals surface area contributed by atoms with Gasteiger partial charge in [0.15, 0.2) is 0 Å². The molecule has 1 aliphatic heterocycles. The fraction of sp³-hybridized carbons (Fsp3) is 1.00. The van der Waals surface area contributed by atoms with E-state index in [0.29, 0.717) is 0 Å². The molecule has 0 amide bonds. The molecule has 1 rings (SSSR count). The van der Waals surface area contributed by atoms with Crippen LogP contribution in [0.2, 0.25) is 0 Å². The highest BCUT2D eigenvalue weighted by molar-refractivity contribution is 4.51. The van der Waals surface area contributed by atoms with Gasteiger partial charge in [-0.3, -0.25) is 0 Å². The summed E-state index contributed by atoms with van der Waals surface area (Å²) in [6.45, 7) is 7.95. The van der Waals surface area contributed by atoms with Crippen LogP contribution in [0.3, 0.4) is 0 Å². The fourth-order valence-electron chi connectivity index (χ4n) is 2.19. The highest BCUT2D eigenvalue weighted by Gasteiger charge is 2.23. The van der Waals surface area contributed by atoms with E-state index in [-0.39, 0.29) is 0 Å². The molecular formula is C11H24NO+. The molecule has 1 aliphatic rings. The standard InChI is InChI=1S/C11H24NO/c1-3-13-11-7-10-12(2)8-5-4-6-9-12/h3-11H2,1-2H3/q+1. The van der Waals surface area contributed by atoms with Gasteiger partial charge in [-0.05, 0) is 26.2 Å². The SMILES string of the molecule is CCOCCC[N+]1(C)CCCCC1. The van der Waals surface area contributed by atoms with Crippen molar-refractivity contribution in [3.8, 4) is 0 Å². The van der Waals surface area contributed by atoms with E-state index in [0.717, 1.165) is 13.2 Å². The van der Waals surface area contributed by atoms with E-state index in [1.54, 1.807) is 0 Å². The number of ether oxygens (including phenoxy) is 1. The van der Waals surface area contributed by atoms with Gasteiger partial charge in [0.1, 0.15) is 0 Å². The zero-order chi connectivity index (χ0) is 9.57. The summed E-state index contributed by atoms with van der Waals surface area (Å²) in [5.74, 6) is 0. The first-order valence-electron chi connectivity index (χ1n) is 5.68. The smallest absolute Gasteiger partial charge is 0.0806 e. The van der Waals surface area contributed by atoms with E-state index in [2.05, 4.69) is 14.0 Å². The van der Waals surface area contributed by atoms with Gasteiger partial charge in [-0.1, -0.05) is 0 Å². The van der Waals surface area contributed by atoms with Crippen molar-refractivity contribution in [2.75, 3.05) is 39.9 Å². The lowest BCUT2D eigenvalue weighted by molar-refractivity contribution is -0.914. The van der Waals surface area contributed by atoms with Crippen LogP contribution in [0, 0.1) is 0 Å². The summed E-state index contributed by atoms with van der Waals surface area (Å²) in [5, 5.41) is 0. The number of rotatable bonds is 5. The molecule has 0 bridgehead atoms. The minimum absolute atomic E-state index is 0.865. The van der Waals surface area contributed by atoms with Crippen LogP contribution >= 0.6 is 0 Å². The maximum Gasteiger partial charge on any atom is 0.0806 e. The predicted octanol–water partition coefficient (Wildman–Crippen LogP) is 2.04. The minimum Gasteiger partial charge on any atom is -0.382 e. The zero-order valence-corrected chi connectivity index (χ0v) is 9.22. The number of hydrogen-bond donors (Lipinski definition) is 0. The molecule has 0 aliphatic carbocycles. The summed E-state index contributed by atoms with van der Waals surface area (Å²) in [4.78, 5) is 0. The average Bonchev–Trinajstić information content (AvgIpc) is 2.14. The Balaban J connectivity index is 2.10. The Bertz CT molecular complexity index is 130. The summed E-state index contributed by atoms with van der Waals surface area (Å²) in [6, 6.07) is 0. The normalized spacial score (nSPS) is 21.7. The average molecular weight is 186 g/mol. The summed E-state index contributed by atoms with van der Waals surface area (Å²) in [7, 11) is 2.39. The number of quaternary nitrogens is 1. The quantitative estimate of drug-likeness (QED) is 0.471. The number of piperidine rings is 1. The van der Waals surface area contributed by atoms with Crippen LogP contribution < -0.4 is 0 Å². The first kappa shape index (κ1) is 11.0. The van der Waals surface area contributed by atoms with Gasteiger partial charge in [0.2, 0.25) is 0 Å². The van der Waals surface area contributed by atoms with Gasteiger partial charge < -0.3 is 9.22 Å². The predicted molar refractivity (Wildman–Crippen MR) is 55.7 cm³/mol. The van der Waals surface area contributed by atoms with Crippen LogP contribution in [0.4, 0.5) is 0 Å².